The van der Waals surface area contributed by atoms with Crippen molar-refractivity contribution in [3.63, 3.8) is 0 Å². The fraction of sp³-hybridized carbons (Fsp3) is 0.167. The average Bonchev–Trinajstić information content (AvgIpc) is 2.99. The fourth-order valence-corrected chi connectivity index (χ4v) is 2.73. The monoisotopic (exact) mass is 279 g/mol. The van der Waals surface area contributed by atoms with Gasteiger partial charge in [0.1, 0.15) is 12.0 Å². The van der Waals surface area contributed by atoms with Gasteiger partial charge >= 0.3 is 0 Å². The van der Waals surface area contributed by atoms with Crippen molar-refractivity contribution in [3.8, 4) is 5.75 Å². The van der Waals surface area contributed by atoms with Crippen molar-refractivity contribution in [2.45, 2.75) is 12.3 Å². The number of benzene rings is 2. The van der Waals surface area contributed by atoms with Gasteiger partial charge in [0.25, 0.3) is 0 Å². The van der Waals surface area contributed by atoms with Crippen molar-refractivity contribution < 1.29 is 9.53 Å². The molecule has 0 saturated carbocycles. The Hall–Kier alpha value is -2.55. The second kappa shape index (κ2) is 5.09. The molecule has 1 aromatic heterocycles. The minimum absolute atomic E-state index is 0.689. The van der Waals surface area contributed by atoms with E-state index in [0.29, 0.717) is 0 Å². The van der Waals surface area contributed by atoms with E-state index in [4.69, 9.17) is 4.74 Å². The number of aldehydes is 1. The van der Waals surface area contributed by atoms with Crippen LogP contribution in [0.1, 0.15) is 18.1 Å². The quantitative estimate of drug-likeness (QED) is 0.740. The molecule has 0 saturated heterocycles. The number of methoxy groups -OCH3 is 1. The van der Waals surface area contributed by atoms with Crippen LogP contribution in [0.5, 0.6) is 5.75 Å². The molecule has 3 aromatic rings. The summed E-state index contributed by atoms with van der Waals surface area (Å²) >= 11 is 0. The molecule has 0 bridgehead atoms. The van der Waals surface area contributed by atoms with Gasteiger partial charge < -0.3 is 14.5 Å². The van der Waals surface area contributed by atoms with E-state index < -0.39 is 5.41 Å². The molecule has 0 fully saturated rings. The van der Waals surface area contributed by atoms with Crippen LogP contribution < -0.4 is 4.74 Å². The number of carbonyl (C=O) groups is 1. The number of carbonyl (C=O) groups excluding carboxylic acids is 1. The molecule has 0 unspecified atom stereocenters. The molecule has 1 atom stereocenters. The summed E-state index contributed by atoms with van der Waals surface area (Å²) in [7, 11) is 1.63. The van der Waals surface area contributed by atoms with Gasteiger partial charge in [0.15, 0.2) is 0 Å². The lowest BCUT2D eigenvalue weighted by Crippen LogP contribution is -2.25. The highest BCUT2D eigenvalue weighted by molar-refractivity contribution is 5.90. The summed E-state index contributed by atoms with van der Waals surface area (Å²) in [5.41, 5.74) is 2.28. The van der Waals surface area contributed by atoms with E-state index in [2.05, 4.69) is 4.98 Å². The van der Waals surface area contributed by atoms with Crippen molar-refractivity contribution in [2.24, 2.45) is 0 Å². The van der Waals surface area contributed by atoms with E-state index in [1.165, 1.54) is 0 Å². The number of para-hydroxylation sites is 1. The molecule has 0 aliphatic carbocycles. The van der Waals surface area contributed by atoms with Crippen LogP contribution in [0.4, 0.5) is 0 Å². The van der Waals surface area contributed by atoms with Gasteiger partial charge in [-0.15, -0.1) is 0 Å². The molecule has 3 heteroatoms. The largest absolute Gasteiger partial charge is 0.497 e. The fourth-order valence-electron chi connectivity index (χ4n) is 2.73. The Morgan fingerprint density at radius 1 is 1.10 bits per heavy atom. The number of fused-ring (bicyclic) bond motifs is 1. The van der Waals surface area contributed by atoms with Crippen LogP contribution in [0.3, 0.4) is 0 Å². The highest BCUT2D eigenvalue weighted by Gasteiger charge is 2.31. The molecule has 1 N–H and O–H groups in total. The van der Waals surface area contributed by atoms with E-state index in [1.807, 2.05) is 61.7 Å². The first-order valence-electron chi connectivity index (χ1n) is 6.86. The Morgan fingerprint density at radius 3 is 2.48 bits per heavy atom. The third-order valence-corrected chi connectivity index (χ3v) is 4.07. The number of aromatic nitrogens is 1. The third-order valence-electron chi connectivity index (χ3n) is 4.07. The summed E-state index contributed by atoms with van der Waals surface area (Å²) in [6.45, 7) is 1.94. The zero-order valence-electron chi connectivity index (χ0n) is 12.1. The number of hydrogen-bond donors (Lipinski definition) is 1. The lowest BCUT2D eigenvalue weighted by molar-refractivity contribution is -0.110. The predicted octanol–water partition coefficient (Wildman–Crippen LogP) is 3.68. The van der Waals surface area contributed by atoms with Gasteiger partial charge in [-0.3, -0.25) is 0 Å². The number of rotatable bonds is 4. The minimum atomic E-state index is -0.689. The Bertz CT molecular complexity index is 773. The van der Waals surface area contributed by atoms with Gasteiger partial charge in [-0.25, -0.2) is 0 Å². The molecule has 3 nitrogen and oxygen atoms in total. The molecule has 1 heterocycles. The van der Waals surface area contributed by atoms with Gasteiger partial charge in [0, 0.05) is 17.1 Å². The van der Waals surface area contributed by atoms with Crippen molar-refractivity contribution in [2.75, 3.05) is 7.11 Å². The van der Waals surface area contributed by atoms with Crippen LogP contribution in [0.15, 0.2) is 54.7 Å². The van der Waals surface area contributed by atoms with Gasteiger partial charge in [-0.05, 0) is 36.2 Å². The van der Waals surface area contributed by atoms with E-state index in [-0.39, 0.29) is 0 Å². The molecule has 3 rings (SSSR count). The first kappa shape index (κ1) is 13.4. The number of H-pyrrole nitrogens is 1. The Labute approximate surface area is 123 Å². The van der Waals surface area contributed by atoms with Crippen molar-refractivity contribution in [1.29, 1.82) is 0 Å². The maximum atomic E-state index is 11.9. The zero-order valence-corrected chi connectivity index (χ0v) is 12.1. The van der Waals surface area contributed by atoms with Crippen LogP contribution in [-0.2, 0) is 10.2 Å². The summed E-state index contributed by atoms with van der Waals surface area (Å²) in [6, 6.07) is 15.7. The normalized spacial score (nSPS) is 13.8. The Kier molecular flexibility index (Phi) is 3.26. The van der Waals surface area contributed by atoms with Crippen LogP contribution in [0.25, 0.3) is 10.9 Å². The maximum absolute atomic E-state index is 11.9. The lowest BCUT2D eigenvalue weighted by atomic mass is 9.77. The van der Waals surface area contributed by atoms with Gasteiger partial charge in [-0.2, -0.15) is 0 Å². The third kappa shape index (κ3) is 2.11. The summed E-state index contributed by atoms with van der Waals surface area (Å²) in [5, 5.41) is 1.07. The Balaban J connectivity index is 2.16. The molecule has 106 valence electrons. The van der Waals surface area contributed by atoms with Crippen molar-refractivity contribution in [3.05, 3.63) is 65.9 Å². The smallest absolute Gasteiger partial charge is 0.134 e. The number of ether oxygens (including phenoxy) is 1. The summed E-state index contributed by atoms with van der Waals surface area (Å²) in [6.07, 6.45) is 2.92. The second-order valence-corrected chi connectivity index (χ2v) is 5.30. The van der Waals surface area contributed by atoms with Gasteiger partial charge in [0.05, 0.1) is 12.5 Å². The molecule has 0 spiro atoms. The van der Waals surface area contributed by atoms with Crippen LogP contribution in [-0.4, -0.2) is 18.4 Å². The van der Waals surface area contributed by atoms with Crippen molar-refractivity contribution in [1.82, 2.24) is 4.98 Å². The highest BCUT2D eigenvalue weighted by Crippen LogP contribution is 2.35. The molecule has 0 aliphatic heterocycles. The van der Waals surface area contributed by atoms with Gasteiger partial charge in [-0.1, -0.05) is 30.3 Å². The van der Waals surface area contributed by atoms with E-state index in [9.17, 15) is 4.79 Å². The molecule has 2 aromatic carbocycles. The molecule has 0 radical (unpaired) electrons. The van der Waals surface area contributed by atoms with Gasteiger partial charge in [0.2, 0.25) is 0 Å². The summed E-state index contributed by atoms with van der Waals surface area (Å²) < 4.78 is 5.18. The summed E-state index contributed by atoms with van der Waals surface area (Å²) in [4.78, 5) is 15.1. The molecule has 21 heavy (non-hydrogen) atoms. The van der Waals surface area contributed by atoms with Crippen LogP contribution >= 0.6 is 0 Å². The molecule has 0 amide bonds. The number of nitrogens with one attached hydrogen (secondary N) is 1. The minimum Gasteiger partial charge on any atom is -0.497 e. The topological polar surface area (TPSA) is 42.1 Å². The van der Waals surface area contributed by atoms with Crippen LogP contribution in [0.2, 0.25) is 0 Å². The highest BCUT2D eigenvalue weighted by atomic mass is 16.5. The number of hydrogen-bond acceptors (Lipinski definition) is 2. The second-order valence-electron chi connectivity index (χ2n) is 5.30. The average molecular weight is 279 g/mol. The predicted molar refractivity (Wildman–Crippen MR) is 83.8 cm³/mol. The zero-order chi connectivity index (χ0) is 14.9. The lowest BCUT2D eigenvalue weighted by Gasteiger charge is -2.23. The number of aromatic amines is 1. The Morgan fingerprint density at radius 2 is 1.81 bits per heavy atom. The van der Waals surface area contributed by atoms with Crippen molar-refractivity contribution >= 4 is 17.2 Å². The van der Waals surface area contributed by atoms with Crippen LogP contribution in [0, 0.1) is 0 Å². The maximum Gasteiger partial charge on any atom is 0.134 e. The summed E-state index contributed by atoms with van der Waals surface area (Å²) in [5.74, 6) is 0.783. The SMILES string of the molecule is COc1ccc([C@](C)(C=O)c2c[nH]c3ccccc23)cc1. The van der Waals surface area contributed by atoms with E-state index in [0.717, 1.165) is 34.1 Å². The van der Waals surface area contributed by atoms with E-state index in [1.54, 1.807) is 7.11 Å². The molecular weight excluding hydrogens is 262 g/mol. The standard InChI is InChI=1S/C18H17NO2/c1-18(12-20,13-7-9-14(21-2)10-8-13)16-11-19-17-6-4-3-5-15(16)17/h3-12,19H,1-2H3/t18-/m0/s1. The molecular formula is C18H17NO2. The van der Waals surface area contributed by atoms with E-state index >= 15 is 0 Å². The first-order valence-corrected chi connectivity index (χ1v) is 6.86. The molecule has 0 aliphatic rings. The first-order chi connectivity index (χ1) is 10.2.